The van der Waals surface area contributed by atoms with Crippen molar-refractivity contribution in [2.75, 3.05) is 26.7 Å². The summed E-state index contributed by atoms with van der Waals surface area (Å²) >= 11 is 0. The summed E-state index contributed by atoms with van der Waals surface area (Å²) in [5, 5.41) is 6.77. The first-order chi connectivity index (χ1) is 14.7. The Hall–Kier alpha value is -2.29. The first-order valence-electron chi connectivity index (χ1n) is 10.8. The van der Waals surface area contributed by atoms with Gasteiger partial charge in [0.25, 0.3) is 0 Å². The number of likely N-dealkylation sites (tertiary alicyclic amines) is 1. The van der Waals surface area contributed by atoms with Crippen molar-refractivity contribution in [1.29, 1.82) is 0 Å². The molecule has 1 fully saturated rings. The molecule has 4 rings (SSSR count). The van der Waals surface area contributed by atoms with E-state index in [9.17, 15) is 4.79 Å². The number of benzene rings is 2. The number of carbonyl (C=O) groups excluding carboxylic acids is 1. The highest BCUT2D eigenvalue weighted by Gasteiger charge is 2.20. The van der Waals surface area contributed by atoms with E-state index in [1.807, 2.05) is 4.90 Å². The molecule has 1 amide bonds. The number of hydrogen-bond acceptors (Lipinski definition) is 3. The molecule has 0 aliphatic carbocycles. The Balaban J connectivity index is 0.00000272. The second-order valence-corrected chi connectivity index (χ2v) is 7.88. The van der Waals surface area contributed by atoms with Crippen molar-refractivity contribution >= 4 is 35.8 Å². The van der Waals surface area contributed by atoms with Crippen LogP contribution in [0.2, 0.25) is 0 Å². The molecule has 0 saturated carbocycles. The minimum Gasteiger partial charge on any atom is -0.493 e. The van der Waals surface area contributed by atoms with E-state index >= 15 is 0 Å². The first kappa shape index (κ1) is 23.4. The zero-order chi connectivity index (χ0) is 20.8. The molecule has 2 N–H and O–H groups in total. The minimum atomic E-state index is 0. The van der Waals surface area contributed by atoms with Crippen molar-refractivity contribution in [3.8, 4) is 5.75 Å². The summed E-state index contributed by atoms with van der Waals surface area (Å²) in [6.45, 7) is 3.87. The molecular formula is C24H31IN4O2. The maximum Gasteiger partial charge on any atom is 0.222 e. The lowest BCUT2D eigenvalue weighted by Crippen LogP contribution is -2.37. The third kappa shape index (κ3) is 6.35. The number of fused-ring (bicyclic) bond motifs is 1. The minimum absolute atomic E-state index is 0. The van der Waals surface area contributed by atoms with Crippen LogP contribution in [-0.2, 0) is 30.7 Å². The van der Waals surface area contributed by atoms with Crippen LogP contribution in [0.25, 0.3) is 0 Å². The lowest BCUT2D eigenvalue weighted by Gasteiger charge is -2.16. The number of aliphatic imine (C=N–C) groups is 1. The van der Waals surface area contributed by atoms with Crippen LogP contribution >= 0.6 is 24.0 Å². The predicted molar refractivity (Wildman–Crippen MR) is 134 cm³/mol. The molecule has 6 nitrogen and oxygen atoms in total. The second-order valence-electron chi connectivity index (χ2n) is 7.88. The van der Waals surface area contributed by atoms with Crippen LogP contribution in [0.4, 0.5) is 0 Å². The van der Waals surface area contributed by atoms with Gasteiger partial charge in [-0.15, -0.1) is 24.0 Å². The summed E-state index contributed by atoms with van der Waals surface area (Å²) in [6, 6.07) is 14.9. The fraction of sp³-hybridized carbons (Fsp3) is 0.417. The Morgan fingerprint density at radius 2 is 1.97 bits per heavy atom. The van der Waals surface area contributed by atoms with Crippen molar-refractivity contribution in [2.45, 2.75) is 38.8 Å². The van der Waals surface area contributed by atoms with E-state index in [1.54, 1.807) is 7.05 Å². The second kappa shape index (κ2) is 11.4. The number of nitrogens with one attached hydrogen (secondary N) is 2. The highest BCUT2D eigenvalue weighted by Crippen LogP contribution is 2.25. The van der Waals surface area contributed by atoms with Gasteiger partial charge in [-0.25, -0.2) is 0 Å². The zero-order valence-electron chi connectivity index (χ0n) is 18.0. The molecule has 0 bridgehead atoms. The monoisotopic (exact) mass is 534 g/mol. The number of guanidine groups is 1. The molecule has 166 valence electrons. The predicted octanol–water partition coefficient (Wildman–Crippen LogP) is 3.27. The number of nitrogens with zero attached hydrogens (tertiary/aromatic N) is 2. The van der Waals surface area contributed by atoms with Crippen molar-refractivity contribution in [1.82, 2.24) is 15.5 Å². The molecule has 7 heteroatoms. The number of ether oxygens (including phenoxy) is 1. The fourth-order valence-corrected chi connectivity index (χ4v) is 4.06. The van der Waals surface area contributed by atoms with Gasteiger partial charge in [0.1, 0.15) is 5.75 Å². The summed E-state index contributed by atoms with van der Waals surface area (Å²) in [7, 11) is 1.79. The molecule has 0 unspecified atom stereocenters. The van der Waals surface area contributed by atoms with E-state index in [1.165, 1.54) is 22.3 Å². The van der Waals surface area contributed by atoms with Gasteiger partial charge in [0.15, 0.2) is 5.96 Å². The Labute approximate surface area is 201 Å². The van der Waals surface area contributed by atoms with Crippen LogP contribution in [0.15, 0.2) is 47.5 Å². The van der Waals surface area contributed by atoms with E-state index < -0.39 is 0 Å². The number of amides is 1. The van der Waals surface area contributed by atoms with E-state index in [0.717, 1.165) is 50.7 Å². The SMILES string of the molecule is CN=C(NCCc1ccc2c(c1)CCO2)NCc1cccc(CN2CCCC2=O)c1.I. The van der Waals surface area contributed by atoms with Crippen LogP contribution in [0.3, 0.4) is 0 Å². The third-order valence-electron chi connectivity index (χ3n) is 5.68. The average Bonchev–Trinajstić information content (AvgIpc) is 3.39. The van der Waals surface area contributed by atoms with Gasteiger partial charge in [-0.3, -0.25) is 9.79 Å². The molecule has 2 aromatic carbocycles. The summed E-state index contributed by atoms with van der Waals surface area (Å²) in [6.07, 6.45) is 3.60. The van der Waals surface area contributed by atoms with Crippen molar-refractivity contribution in [3.05, 3.63) is 64.7 Å². The maximum absolute atomic E-state index is 11.9. The standard InChI is InChI=1S/C24H30N4O2.HI/c1-25-24(26-11-9-18-7-8-22-21(15-18)10-13-30-22)27-16-19-4-2-5-20(14-19)17-28-12-3-6-23(28)29;/h2,4-5,7-8,14-15H,3,6,9-13,16-17H2,1H3,(H2,25,26,27);1H. The first-order valence-corrected chi connectivity index (χ1v) is 10.8. The molecule has 1 saturated heterocycles. The summed E-state index contributed by atoms with van der Waals surface area (Å²) in [4.78, 5) is 18.1. The fourth-order valence-electron chi connectivity index (χ4n) is 4.06. The van der Waals surface area contributed by atoms with E-state index in [-0.39, 0.29) is 29.9 Å². The van der Waals surface area contributed by atoms with Crippen LogP contribution in [0.5, 0.6) is 5.75 Å². The van der Waals surface area contributed by atoms with Gasteiger partial charge in [-0.1, -0.05) is 36.4 Å². The molecule has 2 aliphatic rings. The van der Waals surface area contributed by atoms with Gasteiger partial charge >= 0.3 is 0 Å². The van der Waals surface area contributed by atoms with Gasteiger partial charge in [-0.2, -0.15) is 0 Å². The summed E-state index contributed by atoms with van der Waals surface area (Å²) in [5.41, 5.74) is 4.98. The van der Waals surface area contributed by atoms with Gasteiger partial charge in [0.2, 0.25) is 5.91 Å². The van der Waals surface area contributed by atoms with Gasteiger partial charge < -0.3 is 20.3 Å². The van der Waals surface area contributed by atoms with Crippen molar-refractivity contribution in [3.63, 3.8) is 0 Å². The lowest BCUT2D eigenvalue weighted by atomic mass is 10.1. The topological polar surface area (TPSA) is 66.0 Å². The quantitative estimate of drug-likeness (QED) is 0.325. The molecule has 0 radical (unpaired) electrons. The van der Waals surface area contributed by atoms with E-state index in [4.69, 9.17) is 4.74 Å². The molecule has 2 aromatic rings. The zero-order valence-corrected chi connectivity index (χ0v) is 20.4. The molecule has 2 aliphatic heterocycles. The van der Waals surface area contributed by atoms with Gasteiger partial charge in [0, 0.05) is 46.1 Å². The van der Waals surface area contributed by atoms with Gasteiger partial charge in [-0.05, 0) is 41.2 Å². The normalized spacial score (nSPS) is 15.3. The summed E-state index contributed by atoms with van der Waals surface area (Å²) in [5.74, 6) is 2.08. The molecular weight excluding hydrogens is 503 g/mol. The molecule has 0 aromatic heterocycles. The lowest BCUT2D eigenvalue weighted by molar-refractivity contribution is -0.128. The Morgan fingerprint density at radius 1 is 1.10 bits per heavy atom. The van der Waals surface area contributed by atoms with Gasteiger partial charge in [0.05, 0.1) is 6.61 Å². The van der Waals surface area contributed by atoms with Crippen LogP contribution < -0.4 is 15.4 Å². The Bertz CT molecular complexity index is 932. The third-order valence-corrected chi connectivity index (χ3v) is 5.68. The molecule has 0 spiro atoms. The van der Waals surface area contributed by atoms with Crippen molar-refractivity contribution in [2.24, 2.45) is 4.99 Å². The highest BCUT2D eigenvalue weighted by atomic mass is 127. The van der Waals surface area contributed by atoms with E-state index in [2.05, 4.69) is 58.1 Å². The Morgan fingerprint density at radius 3 is 2.77 bits per heavy atom. The van der Waals surface area contributed by atoms with Crippen LogP contribution in [-0.4, -0.2) is 43.5 Å². The van der Waals surface area contributed by atoms with E-state index in [0.29, 0.717) is 19.5 Å². The summed E-state index contributed by atoms with van der Waals surface area (Å²) < 4.78 is 5.57. The Kier molecular flexibility index (Phi) is 8.57. The maximum atomic E-state index is 11.9. The smallest absolute Gasteiger partial charge is 0.222 e. The average molecular weight is 534 g/mol. The number of halogens is 1. The highest BCUT2D eigenvalue weighted by molar-refractivity contribution is 14.0. The molecule has 0 atom stereocenters. The molecule has 2 heterocycles. The van der Waals surface area contributed by atoms with Crippen LogP contribution in [0.1, 0.15) is 35.1 Å². The number of hydrogen-bond donors (Lipinski definition) is 2. The number of carbonyl (C=O) groups is 1. The van der Waals surface area contributed by atoms with Crippen molar-refractivity contribution < 1.29 is 9.53 Å². The van der Waals surface area contributed by atoms with Crippen LogP contribution in [0, 0.1) is 0 Å². The molecule has 31 heavy (non-hydrogen) atoms. The number of rotatable bonds is 7. The largest absolute Gasteiger partial charge is 0.493 e.